The van der Waals surface area contributed by atoms with Crippen molar-refractivity contribution < 1.29 is 14.3 Å². The van der Waals surface area contributed by atoms with Gasteiger partial charge in [0.25, 0.3) is 5.91 Å². The van der Waals surface area contributed by atoms with E-state index in [4.69, 9.17) is 15.2 Å². The van der Waals surface area contributed by atoms with Crippen molar-refractivity contribution in [2.75, 3.05) is 31.7 Å². The van der Waals surface area contributed by atoms with E-state index in [1.54, 1.807) is 30.3 Å². The Morgan fingerprint density at radius 2 is 1.93 bits per heavy atom. The molecule has 7 heteroatoms. The molecule has 0 saturated heterocycles. The Morgan fingerprint density at radius 1 is 1.14 bits per heavy atom. The van der Waals surface area contributed by atoms with Crippen LogP contribution in [0.1, 0.15) is 6.42 Å². The number of hydrogen-bond acceptors (Lipinski definition) is 5. The van der Waals surface area contributed by atoms with Gasteiger partial charge in [0.2, 0.25) is 0 Å². The van der Waals surface area contributed by atoms with Crippen LogP contribution >= 0.6 is 0 Å². The van der Waals surface area contributed by atoms with Gasteiger partial charge in [-0.3, -0.25) is 9.89 Å². The molecule has 0 aliphatic rings. The van der Waals surface area contributed by atoms with E-state index in [0.717, 1.165) is 16.8 Å². The smallest absolute Gasteiger partial charge is 0.264 e. The summed E-state index contributed by atoms with van der Waals surface area (Å²) in [6.45, 7) is 0.969. The first kappa shape index (κ1) is 19.4. The summed E-state index contributed by atoms with van der Waals surface area (Å²) in [7, 11) is 1.59. The molecule has 28 heavy (non-hydrogen) atoms. The highest BCUT2D eigenvalue weighted by Crippen LogP contribution is 2.23. The Balaban J connectivity index is 1.70. The number of methoxy groups -OCH3 is 1. The van der Waals surface area contributed by atoms with E-state index >= 15 is 0 Å². The van der Waals surface area contributed by atoms with E-state index in [0.29, 0.717) is 31.0 Å². The summed E-state index contributed by atoms with van der Waals surface area (Å²) < 4.78 is 10.8. The molecular formula is C21H24N4O3. The molecule has 0 fully saturated rings. The summed E-state index contributed by atoms with van der Waals surface area (Å²) >= 11 is 0. The molecule has 1 amide bonds. The van der Waals surface area contributed by atoms with E-state index in [2.05, 4.69) is 10.2 Å². The molecule has 3 rings (SSSR count). The zero-order valence-electron chi connectivity index (χ0n) is 15.8. The maximum absolute atomic E-state index is 12.8. The van der Waals surface area contributed by atoms with Crippen LogP contribution in [0.5, 0.6) is 11.5 Å². The van der Waals surface area contributed by atoms with Crippen LogP contribution in [0.25, 0.3) is 11.1 Å². The Labute approximate surface area is 164 Å². The molecule has 146 valence electrons. The molecule has 3 N–H and O–H groups in total. The van der Waals surface area contributed by atoms with Crippen LogP contribution in [0.4, 0.5) is 5.69 Å². The number of nitrogens with two attached hydrogens (primary N) is 1. The topological polar surface area (TPSA) is 93.5 Å². The summed E-state index contributed by atoms with van der Waals surface area (Å²) in [5.41, 5.74) is 8.47. The van der Waals surface area contributed by atoms with Crippen molar-refractivity contribution in [3.05, 3.63) is 60.9 Å². The van der Waals surface area contributed by atoms with E-state index in [-0.39, 0.29) is 12.5 Å². The minimum absolute atomic E-state index is 0.0682. The van der Waals surface area contributed by atoms with Gasteiger partial charge in [0.05, 0.1) is 13.3 Å². The molecular weight excluding hydrogens is 356 g/mol. The number of benzene rings is 2. The number of carbonyl (C=O) groups is 1. The normalized spacial score (nSPS) is 10.5. The lowest BCUT2D eigenvalue weighted by Crippen LogP contribution is -2.36. The molecule has 3 aromatic rings. The lowest BCUT2D eigenvalue weighted by atomic mass is 10.1. The maximum atomic E-state index is 12.8. The van der Waals surface area contributed by atoms with Gasteiger partial charge in [-0.05, 0) is 42.8 Å². The second-order valence-electron chi connectivity index (χ2n) is 6.19. The number of nitrogens with zero attached hydrogens (tertiary/aromatic N) is 2. The summed E-state index contributed by atoms with van der Waals surface area (Å²) in [4.78, 5) is 14.5. The van der Waals surface area contributed by atoms with Crippen LogP contribution in [0, 0.1) is 0 Å². The quantitative estimate of drug-likeness (QED) is 0.595. The van der Waals surface area contributed by atoms with Crippen LogP contribution < -0.4 is 20.1 Å². The van der Waals surface area contributed by atoms with Gasteiger partial charge in [0.1, 0.15) is 11.5 Å². The number of nitrogens with one attached hydrogen (secondary N) is 1. The lowest BCUT2D eigenvalue weighted by molar-refractivity contribution is -0.120. The van der Waals surface area contributed by atoms with E-state index in [1.807, 2.05) is 42.6 Å². The highest BCUT2D eigenvalue weighted by Gasteiger charge is 2.16. The molecule has 0 radical (unpaired) electrons. The third-order valence-corrected chi connectivity index (χ3v) is 4.30. The molecule has 0 unspecified atom stereocenters. The first-order chi connectivity index (χ1) is 13.7. The standard InChI is InChI=1S/C21H24N4O3/c1-27-19-4-2-5-20(12-19)28-15-21(26)25(11-3-10-22)18-8-6-16(7-9-18)17-13-23-24-14-17/h2,4-9,12-14H,3,10-11,15,22H2,1H3,(H,23,24). The average Bonchev–Trinajstić information content (AvgIpc) is 3.28. The van der Waals surface area contributed by atoms with Crippen LogP contribution in [-0.4, -0.2) is 42.9 Å². The number of amides is 1. The molecule has 1 aromatic heterocycles. The van der Waals surface area contributed by atoms with Gasteiger partial charge in [-0.15, -0.1) is 0 Å². The van der Waals surface area contributed by atoms with Crippen molar-refractivity contribution in [3.63, 3.8) is 0 Å². The molecule has 0 spiro atoms. The summed E-state index contributed by atoms with van der Waals surface area (Å²) in [6.07, 6.45) is 4.29. The maximum Gasteiger partial charge on any atom is 0.264 e. The molecule has 0 saturated carbocycles. The predicted molar refractivity (Wildman–Crippen MR) is 109 cm³/mol. The van der Waals surface area contributed by atoms with Crippen LogP contribution in [0.3, 0.4) is 0 Å². The van der Waals surface area contributed by atoms with Crippen LogP contribution in [0.15, 0.2) is 60.9 Å². The number of aromatic nitrogens is 2. The highest BCUT2D eigenvalue weighted by molar-refractivity contribution is 5.94. The monoisotopic (exact) mass is 380 g/mol. The van der Waals surface area contributed by atoms with Crippen LogP contribution in [0.2, 0.25) is 0 Å². The SMILES string of the molecule is COc1cccc(OCC(=O)N(CCCN)c2ccc(-c3cn[nH]c3)cc2)c1. The first-order valence-corrected chi connectivity index (χ1v) is 9.08. The zero-order valence-corrected chi connectivity index (χ0v) is 15.8. The van der Waals surface area contributed by atoms with E-state index < -0.39 is 0 Å². The van der Waals surface area contributed by atoms with Crippen molar-refractivity contribution in [2.45, 2.75) is 6.42 Å². The van der Waals surface area contributed by atoms with Gasteiger partial charge in [0, 0.05) is 30.1 Å². The Bertz CT molecular complexity index is 879. The zero-order chi connectivity index (χ0) is 19.8. The molecule has 0 bridgehead atoms. The number of anilines is 1. The predicted octanol–water partition coefficient (Wildman–Crippen LogP) is 2.85. The van der Waals surface area contributed by atoms with Gasteiger partial charge < -0.3 is 20.1 Å². The number of hydrogen-bond donors (Lipinski definition) is 2. The van der Waals surface area contributed by atoms with Crippen molar-refractivity contribution in [3.8, 4) is 22.6 Å². The van der Waals surface area contributed by atoms with Gasteiger partial charge in [-0.1, -0.05) is 18.2 Å². The highest BCUT2D eigenvalue weighted by atomic mass is 16.5. The Morgan fingerprint density at radius 3 is 2.61 bits per heavy atom. The van der Waals surface area contributed by atoms with Crippen molar-refractivity contribution >= 4 is 11.6 Å². The molecule has 7 nitrogen and oxygen atoms in total. The number of carbonyl (C=O) groups excluding carboxylic acids is 1. The number of aromatic amines is 1. The number of rotatable bonds is 9. The second kappa shape index (κ2) is 9.57. The van der Waals surface area contributed by atoms with Gasteiger partial charge in [-0.25, -0.2) is 0 Å². The minimum atomic E-state index is -0.132. The number of H-pyrrole nitrogens is 1. The third-order valence-electron chi connectivity index (χ3n) is 4.30. The van der Waals surface area contributed by atoms with Crippen LogP contribution in [-0.2, 0) is 4.79 Å². The molecule has 0 aliphatic heterocycles. The van der Waals surface area contributed by atoms with E-state index in [1.165, 1.54) is 0 Å². The molecule has 0 atom stereocenters. The van der Waals surface area contributed by atoms with Gasteiger partial charge in [0.15, 0.2) is 6.61 Å². The summed E-state index contributed by atoms with van der Waals surface area (Å²) in [6, 6.07) is 14.9. The molecule has 2 aromatic carbocycles. The van der Waals surface area contributed by atoms with E-state index in [9.17, 15) is 4.79 Å². The first-order valence-electron chi connectivity index (χ1n) is 9.08. The average molecular weight is 380 g/mol. The van der Waals surface area contributed by atoms with Crippen molar-refractivity contribution in [1.82, 2.24) is 10.2 Å². The summed E-state index contributed by atoms with van der Waals surface area (Å²) in [5.74, 6) is 1.13. The van der Waals surface area contributed by atoms with Crippen molar-refractivity contribution in [1.29, 1.82) is 0 Å². The largest absolute Gasteiger partial charge is 0.497 e. The third kappa shape index (κ3) is 4.89. The number of ether oxygens (including phenoxy) is 2. The van der Waals surface area contributed by atoms with Crippen molar-refractivity contribution in [2.24, 2.45) is 5.73 Å². The fourth-order valence-electron chi connectivity index (χ4n) is 2.80. The Hall–Kier alpha value is -3.32. The molecule has 1 heterocycles. The second-order valence-corrected chi connectivity index (χ2v) is 6.19. The summed E-state index contributed by atoms with van der Waals surface area (Å²) in [5, 5.41) is 6.76. The fourth-order valence-corrected chi connectivity index (χ4v) is 2.80. The van der Waals surface area contributed by atoms with Gasteiger partial charge >= 0.3 is 0 Å². The minimum Gasteiger partial charge on any atom is -0.497 e. The molecule has 0 aliphatic carbocycles. The fraction of sp³-hybridized carbons (Fsp3) is 0.238. The van der Waals surface area contributed by atoms with Gasteiger partial charge in [-0.2, -0.15) is 5.10 Å². The lowest BCUT2D eigenvalue weighted by Gasteiger charge is -2.23. The Kier molecular flexibility index (Phi) is 6.64.